The van der Waals surface area contributed by atoms with Gasteiger partial charge < -0.3 is 15.0 Å². The van der Waals surface area contributed by atoms with Crippen LogP contribution in [-0.4, -0.2) is 55.5 Å². The van der Waals surface area contributed by atoms with Crippen LogP contribution in [0.1, 0.15) is 61.7 Å². The molecule has 0 spiro atoms. The fourth-order valence-corrected chi connectivity index (χ4v) is 5.32. The van der Waals surface area contributed by atoms with Gasteiger partial charge in [0.2, 0.25) is 5.91 Å². The second kappa shape index (κ2) is 10.8. The van der Waals surface area contributed by atoms with Crippen molar-refractivity contribution in [3.8, 4) is 0 Å². The van der Waals surface area contributed by atoms with Crippen molar-refractivity contribution >= 4 is 11.7 Å². The van der Waals surface area contributed by atoms with E-state index < -0.39 is 11.6 Å². The molecule has 1 unspecified atom stereocenters. The summed E-state index contributed by atoms with van der Waals surface area (Å²) in [5, 5.41) is 3.22. The number of nitrogens with zero attached hydrogens (tertiary/aromatic N) is 1. The molecule has 1 amide bonds. The fourth-order valence-electron chi connectivity index (χ4n) is 5.32. The molecule has 1 saturated carbocycles. The summed E-state index contributed by atoms with van der Waals surface area (Å²) < 4.78 is 31.9. The lowest BCUT2D eigenvalue weighted by Crippen LogP contribution is -2.41. The highest BCUT2D eigenvalue weighted by Gasteiger charge is 2.29. The molecule has 1 N–H and O–H groups in total. The minimum absolute atomic E-state index is 0.0320. The zero-order valence-corrected chi connectivity index (χ0v) is 18.7. The van der Waals surface area contributed by atoms with Crippen LogP contribution in [0.25, 0.3) is 0 Å². The predicted molar refractivity (Wildman–Crippen MR) is 117 cm³/mol. The number of nitrogens with one attached hydrogen (secondary N) is 1. The standard InChI is InChI=1S/C25H34F2N2O3/c26-22-6-3-19(15-23(22)27)24(30)18-8-12-29(13-9-18)11-7-17-1-4-21(5-2-17)28-25(31)20-10-14-32-16-20/h3,6,15,17-18,20-21H,1-2,4-5,7-14,16H2,(H,28,31). The van der Waals surface area contributed by atoms with Crippen molar-refractivity contribution in [2.24, 2.45) is 17.8 Å². The highest BCUT2D eigenvalue weighted by atomic mass is 19.2. The highest BCUT2D eigenvalue weighted by molar-refractivity contribution is 5.97. The minimum atomic E-state index is -0.963. The van der Waals surface area contributed by atoms with Gasteiger partial charge in [-0.05, 0) is 95.1 Å². The van der Waals surface area contributed by atoms with Gasteiger partial charge in [-0.2, -0.15) is 0 Å². The van der Waals surface area contributed by atoms with E-state index >= 15 is 0 Å². The third kappa shape index (κ3) is 5.93. The molecular formula is C25H34F2N2O3. The summed E-state index contributed by atoms with van der Waals surface area (Å²) in [5.41, 5.74) is 0.270. The summed E-state index contributed by atoms with van der Waals surface area (Å²) >= 11 is 0. The van der Waals surface area contributed by atoms with Crippen molar-refractivity contribution < 1.29 is 23.1 Å². The number of piperidine rings is 1. The quantitative estimate of drug-likeness (QED) is 0.642. The van der Waals surface area contributed by atoms with E-state index in [0.717, 1.165) is 83.1 Å². The number of amides is 1. The molecule has 32 heavy (non-hydrogen) atoms. The zero-order chi connectivity index (χ0) is 22.5. The first kappa shape index (κ1) is 23.3. The van der Waals surface area contributed by atoms with E-state index in [0.29, 0.717) is 25.2 Å². The number of hydrogen-bond acceptors (Lipinski definition) is 4. The van der Waals surface area contributed by atoms with E-state index in [9.17, 15) is 18.4 Å². The smallest absolute Gasteiger partial charge is 0.225 e. The normalized spacial score (nSPS) is 27.4. The number of likely N-dealkylation sites (tertiary alicyclic amines) is 1. The first-order chi connectivity index (χ1) is 15.5. The zero-order valence-electron chi connectivity index (χ0n) is 18.7. The van der Waals surface area contributed by atoms with Gasteiger partial charge in [0.1, 0.15) is 0 Å². The van der Waals surface area contributed by atoms with Gasteiger partial charge in [0.15, 0.2) is 17.4 Å². The van der Waals surface area contributed by atoms with Gasteiger partial charge in [0.25, 0.3) is 0 Å². The Morgan fingerprint density at radius 1 is 0.969 bits per heavy atom. The molecule has 176 valence electrons. The third-order valence-electron chi connectivity index (χ3n) is 7.51. The number of ketones is 1. The fraction of sp³-hybridized carbons (Fsp3) is 0.680. The first-order valence-electron chi connectivity index (χ1n) is 12.1. The summed E-state index contributed by atoms with van der Waals surface area (Å²) in [7, 11) is 0. The molecule has 3 fully saturated rings. The van der Waals surface area contributed by atoms with Crippen LogP contribution in [0.2, 0.25) is 0 Å². The van der Waals surface area contributed by atoms with Gasteiger partial charge in [-0.3, -0.25) is 9.59 Å². The van der Waals surface area contributed by atoms with Crippen LogP contribution in [0.3, 0.4) is 0 Å². The first-order valence-corrected chi connectivity index (χ1v) is 12.1. The Labute approximate surface area is 188 Å². The number of carbonyl (C=O) groups is 2. The number of halogens is 2. The van der Waals surface area contributed by atoms with Crippen LogP contribution in [0.15, 0.2) is 18.2 Å². The molecule has 1 aromatic carbocycles. The SMILES string of the molecule is O=C(NC1CCC(CCN2CCC(C(=O)c3ccc(F)c(F)c3)CC2)CC1)C1CCOC1. The number of benzene rings is 1. The van der Waals surface area contributed by atoms with Gasteiger partial charge >= 0.3 is 0 Å². The number of ether oxygens (including phenoxy) is 1. The Morgan fingerprint density at radius 2 is 1.72 bits per heavy atom. The molecule has 1 atom stereocenters. The predicted octanol–water partition coefficient (Wildman–Crippen LogP) is 3.96. The molecule has 2 saturated heterocycles. The van der Waals surface area contributed by atoms with Gasteiger partial charge in [-0.15, -0.1) is 0 Å². The van der Waals surface area contributed by atoms with E-state index in [1.807, 2.05) is 0 Å². The third-order valence-corrected chi connectivity index (χ3v) is 7.51. The second-order valence-corrected chi connectivity index (χ2v) is 9.68. The van der Waals surface area contributed by atoms with Crippen molar-refractivity contribution in [1.82, 2.24) is 10.2 Å². The van der Waals surface area contributed by atoms with Crippen LogP contribution in [0.4, 0.5) is 8.78 Å². The molecule has 3 aliphatic rings. The summed E-state index contributed by atoms with van der Waals surface area (Å²) in [6.07, 6.45) is 7.92. The van der Waals surface area contributed by atoms with Crippen molar-refractivity contribution in [3.05, 3.63) is 35.4 Å². The number of hydrogen-bond donors (Lipinski definition) is 1. The van der Waals surface area contributed by atoms with Crippen molar-refractivity contribution in [2.45, 2.75) is 57.4 Å². The molecule has 1 aromatic rings. The summed E-state index contributed by atoms with van der Waals surface area (Å²) in [4.78, 5) is 27.3. The Kier molecular flexibility index (Phi) is 7.89. The number of Topliss-reactive ketones (excluding diaryl/α,β-unsaturated/α-hetero) is 1. The van der Waals surface area contributed by atoms with Crippen molar-refractivity contribution in [2.75, 3.05) is 32.8 Å². The number of rotatable bonds is 7. The Bertz CT molecular complexity index is 796. The number of carbonyl (C=O) groups excluding carboxylic acids is 2. The summed E-state index contributed by atoms with van der Waals surface area (Å²) in [6.45, 7) is 4.03. The topological polar surface area (TPSA) is 58.6 Å². The molecule has 4 rings (SSSR count). The molecule has 5 nitrogen and oxygen atoms in total. The van der Waals surface area contributed by atoms with Gasteiger partial charge in [-0.25, -0.2) is 8.78 Å². The maximum absolute atomic E-state index is 13.4. The minimum Gasteiger partial charge on any atom is -0.381 e. The van der Waals surface area contributed by atoms with Crippen LogP contribution in [0, 0.1) is 29.4 Å². The van der Waals surface area contributed by atoms with E-state index in [1.165, 1.54) is 6.07 Å². The van der Waals surface area contributed by atoms with Gasteiger partial charge in [-0.1, -0.05) is 0 Å². The Morgan fingerprint density at radius 3 is 2.38 bits per heavy atom. The molecule has 7 heteroatoms. The largest absolute Gasteiger partial charge is 0.381 e. The van der Waals surface area contributed by atoms with E-state index in [4.69, 9.17) is 4.74 Å². The lowest BCUT2D eigenvalue weighted by atomic mass is 9.83. The van der Waals surface area contributed by atoms with E-state index in [1.54, 1.807) is 0 Å². The summed E-state index contributed by atoms with van der Waals surface area (Å²) in [6, 6.07) is 3.73. The van der Waals surface area contributed by atoms with Gasteiger partial charge in [0, 0.05) is 24.1 Å². The maximum atomic E-state index is 13.4. The van der Waals surface area contributed by atoms with Crippen LogP contribution >= 0.6 is 0 Å². The monoisotopic (exact) mass is 448 g/mol. The van der Waals surface area contributed by atoms with Crippen LogP contribution in [-0.2, 0) is 9.53 Å². The Balaban J connectivity index is 1.13. The van der Waals surface area contributed by atoms with E-state index in [2.05, 4.69) is 10.2 Å². The molecule has 1 aliphatic carbocycles. The molecule has 0 aromatic heterocycles. The molecule has 0 bridgehead atoms. The highest BCUT2D eigenvalue weighted by Crippen LogP contribution is 2.29. The molecular weight excluding hydrogens is 414 g/mol. The Hall–Kier alpha value is -1.86. The van der Waals surface area contributed by atoms with Crippen molar-refractivity contribution in [1.29, 1.82) is 0 Å². The molecule has 2 heterocycles. The second-order valence-electron chi connectivity index (χ2n) is 9.68. The van der Waals surface area contributed by atoms with Crippen LogP contribution < -0.4 is 5.32 Å². The van der Waals surface area contributed by atoms with Crippen molar-refractivity contribution in [3.63, 3.8) is 0 Å². The van der Waals surface area contributed by atoms with Crippen LogP contribution in [0.5, 0.6) is 0 Å². The maximum Gasteiger partial charge on any atom is 0.225 e. The lowest BCUT2D eigenvalue weighted by molar-refractivity contribution is -0.126. The summed E-state index contributed by atoms with van der Waals surface area (Å²) in [5.74, 6) is -1.18. The average Bonchev–Trinajstić information content (AvgIpc) is 3.36. The van der Waals surface area contributed by atoms with Gasteiger partial charge in [0.05, 0.1) is 12.5 Å². The molecule has 0 radical (unpaired) electrons. The van der Waals surface area contributed by atoms with E-state index in [-0.39, 0.29) is 29.1 Å². The molecule has 2 aliphatic heterocycles. The lowest BCUT2D eigenvalue weighted by Gasteiger charge is -2.34. The average molecular weight is 449 g/mol.